The molecular formula is C24H24N4O6S2. The summed E-state index contributed by atoms with van der Waals surface area (Å²) in [5.74, 6) is 0. The van der Waals surface area contributed by atoms with Gasteiger partial charge in [-0.15, -0.1) is 4.41 Å². The third-order valence-electron chi connectivity index (χ3n) is 5.14. The molecule has 1 N–H and O–H groups in total. The Morgan fingerprint density at radius 2 is 1.36 bits per heavy atom. The topological polar surface area (TPSA) is 139 Å². The van der Waals surface area contributed by atoms with E-state index < -0.39 is 25.0 Å². The number of nitro benzene ring substituents is 1. The van der Waals surface area contributed by atoms with Crippen molar-refractivity contribution in [3.63, 3.8) is 0 Å². The maximum absolute atomic E-state index is 12.9. The first kappa shape index (κ1) is 26.7. The third kappa shape index (κ3) is 6.42. The second kappa shape index (κ2) is 10.8. The Morgan fingerprint density at radius 3 is 1.89 bits per heavy atom. The first-order chi connectivity index (χ1) is 16.9. The van der Waals surface area contributed by atoms with E-state index in [0.717, 1.165) is 46.0 Å². The molecule has 0 aliphatic heterocycles. The molecular weight excluding hydrogens is 504 g/mol. The lowest BCUT2D eigenvalue weighted by Crippen LogP contribution is -2.36. The third-order valence-corrected chi connectivity index (χ3v) is 8.09. The molecule has 0 aliphatic carbocycles. The fourth-order valence-electron chi connectivity index (χ4n) is 2.97. The van der Waals surface area contributed by atoms with Crippen LogP contribution in [-0.2, 0) is 20.0 Å². The second-order valence-electron chi connectivity index (χ2n) is 7.84. The zero-order valence-corrected chi connectivity index (χ0v) is 21.3. The Bertz CT molecular complexity index is 1510. The number of nitrogens with zero attached hydrogens (tertiary/aromatic N) is 3. The van der Waals surface area contributed by atoms with E-state index in [2.05, 4.69) is 9.82 Å². The van der Waals surface area contributed by atoms with Gasteiger partial charge in [-0.25, -0.2) is 8.42 Å². The van der Waals surface area contributed by atoms with Gasteiger partial charge in [0.05, 0.1) is 14.7 Å². The van der Waals surface area contributed by atoms with Crippen molar-refractivity contribution in [3.8, 4) is 0 Å². The van der Waals surface area contributed by atoms with E-state index in [4.69, 9.17) is 0 Å². The highest BCUT2D eigenvalue weighted by atomic mass is 32.2. The fraction of sp³-hybridized carbons (Fsp3) is 0.125. The van der Waals surface area contributed by atoms with E-state index in [1.165, 1.54) is 25.4 Å². The highest BCUT2D eigenvalue weighted by Crippen LogP contribution is 2.20. The summed E-state index contributed by atoms with van der Waals surface area (Å²) < 4.78 is 55.7. The van der Waals surface area contributed by atoms with Gasteiger partial charge >= 0.3 is 0 Å². The zero-order valence-electron chi connectivity index (χ0n) is 19.7. The van der Waals surface area contributed by atoms with Gasteiger partial charge in [0.15, 0.2) is 0 Å². The van der Waals surface area contributed by atoms with Crippen molar-refractivity contribution >= 4 is 37.5 Å². The van der Waals surface area contributed by atoms with Crippen LogP contribution >= 0.6 is 0 Å². The number of hydrogen-bond donors (Lipinski definition) is 1. The van der Waals surface area contributed by atoms with Crippen LogP contribution in [0.1, 0.15) is 16.7 Å². The number of nitrogens with one attached hydrogen (secondary N) is 1. The van der Waals surface area contributed by atoms with Gasteiger partial charge in [0.25, 0.3) is 25.7 Å². The fourth-order valence-corrected chi connectivity index (χ4v) is 4.81. The SMILES string of the molecule is Cc1ccc(C(/C=N/S(=O)(=O)c2ccc([N+](=O)[O-])cc2)=C\NN(C)S(=O)(=O)c2ccc(C)cc2)cc1. The summed E-state index contributed by atoms with van der Waals surface area (Å²) in [6, 6.07) is 17.8. The average Bonchev–Trinajstić information content (AvgIpc) is 2.85. The zero-order chi connectivity index (χ0) is 26.5. The van der Waals surface area contributed by atoms with Crippen molar-refractivity contribution in [3.05, 3.63) is 106 Å². The molecule has 0 saturated heterocycles. The lowest BCUT2D eigenvalue weighted by molar-refractivity contribution is -0.384. The number of nitro groups is 1. The van der Waals surface area contributed by atoms with E-state index >= 15 is 0 Å². The highest BCUT2D eigenvalue weighted by Gasteiger charge is 2.20. The Kier molecular flexibility index (Phi) is 8.03. The molecule has 12 heteroatoms. The second-order valence-corrected chi connectivity index (χ2v) is 11.4. The number of non-ortho nitro benzene ring substituents is 1. The van der Waals surface area contributed by atoms with Crippen LogP contribution in [0.2, 0.25) is 0 Å². The Labute approximate surface area is 209 Å². The molecule has 0 saturated carbocycles. The molecule has 3 aromatic rings. The van der Waals surface area contributed by atoms with Crippen molar-refractivity contribution < 1.29 is 21.8 Å². The van der Waals surface area contributed by atoms with Crippen LogP contribution in [0.5, 0.6) is 0 Å². The van der Waals surface area contributed by atoms with Gasteiger partial charge in [-0.1, -0.05) is 47.5 Å². The van der Waals surface area contributed by atoms with E-state index in [1.807, 2.05) is 26.0 Å². The van der Waals surface area contributed by atoms with E-state index in [9.17, 15) is 26.9 Å². The normalized spacial score (nSPS) is 12.7. The number of hydrazine groups is 1. The molecule has 0 aromatic heterocycles. The van der Waals surface area contributed by atoms with Gasteiger partial charge in [-0.3, -0.25) is 10.1 Å². The molecule has 36 heavy (non-hydrogen) atoms. The largest absolute Gasteiger partial charge is 0.312 e. The summed E-state index contributed by atoms with van der Waals surface area (Å²) in [6.07, 6.45) is 2.41. The van der Waals surface area contributed by atoms with Gasteiger partial charge in [0, 0.05) is 37.2 Å². The molecule has 0 aliphatic rings. The smallest absolute Gasteiger partial charge is 0.282 e. The lowest BCUT2D eigenvalue weighted by Gasteiger charge is -2.18. The van der Waals surface area contributed by atoms with Crippen LogP contribution in [0.15, 0.2) is 93.2 Å². The van der Waals surface area contributed by atoms with Crippen LogP contribution in [0.4, 0.5) is 5.69 Å². The van der Waals surface area contributed by atoms with Gasteiger partial charge in [-0.05, 0) is 43.7 Å². The molecule has 0 amide bonds. The number of hydrogen-bond acceptors (Lipinski definition) is 7. The quantitative estimate of drug-likeness (QED) is 0.253. The van der Waals surface area contributed by atoms with Crippen molar-refractivity contribution in [2.75, 3.05) is 7.05 Å². The van der Waals surface area contributed by atoms with Crippen molar-refractivity contribution in [2.45, 2.75) is 23.6 Å². The van der Waals surface area contributed by atoms with Gasteiger partial charge in [-0.2, -0.15) is 12.8 Å². The van der Waals surface area contributed by atoms with Crippen LogP contribution in [0, 0.1) is 24.0 Å². The number of sulfonamides is 2. The van der Waals surface area contributed by atoms with Crippen molar-refractivity contribution in [2.24, 2.45) is 4.40 Å². The summed E-state index contributed by atoms with van der Waals surface area (Å²) in [7, 11) is -6.74. The van der Waals surface area contributed by atoms with E-state index in [-0.39, 0.29) is 21.1 Å². The number of aryl methyl sites for hydroxylation is 2. The van der Waals surface area contributed by atoms with E-state index in [0.29, 0.717) is 5.56 Å². The maximum Gasteiger partial charge on any atom is 0.282 e. The molecule has 10 nitrogen and oxygen atoms in total. The molecule has 0 fully saturated rings. The van der Waals surface area contributed by atoms with Gasteiger partial charge in [0.1, 0.15) is 0 Å². The minimum atomic E-state index is -4.18. The first-order valence-electron chi connectivity index (χ1n) is 10.5. The maximum atomic E-state index is 12.9. The monoisotopic (exact) mass is 528 g/mol. The molecule has 0 atom stereocenters. The van der Waals surface area contributed by atoms with Gasteiger partial charge in [0.2, 0.25) is 0 Å². The molecule has 0 bridgehead atoms. The minimum Gasteiger partial charge on any atom is -0.312 e. The Morgan fingerprint density at radius 1 is 0.861 bits per heavy atom. The number of benzene rings is 3. The lowest BCUT2D eigenvalue weighted by atomic mass is 10.1. The van der Waals surface area contributed by atoms with Crippen LogP contribution in [0.3, 0.4) is 0 Å². The molecule has 0 radical (unpaired) electrons. The molecule has 0 spiro atoms. The van der Waals surface area contributed by atoms with E-state index in [1.54, 1.807) is 24.3 Å². The van der Waals surface area contributed by atoms with Crippen molar-refractivity contribution in [1.29, 1.82) is 0 Å². The summed E-state index contributed by atoms with van der Waals surface area (Å²) in [6.45, 7) is 3.74. The Hall–Kier alpha value is -3.87. The summed E-state index contributed by atoms with van der Waals surface area (Å²) in [4.78, 5) is 10.1. The predicted octanol–water partition coefficient (Wildman–Crippen LogP) is 3.84. The van der Waals surface area contributed by atoms with Crippen LogP contribution in [-0.4, -0.2) is 39.4 Å². The molecule has 3 aromatic carbocycles. The van der Waals surface area contributed by atoms with Crippen LogP contribution in [0.25, 0.3) is 5.57 Å². The highest BCUT2D eigenvalue weighted by molar-refractivity contribution is 7.90. The standard InChI is InChI=1S/C24H24N4O6S2/c1-18-4-8-20(9-5-18)21(16-25-27(3)36(33,34)24-12-6-19(2)7-13-24)17-26-35(31,32)23-14-10-22(11-15-23)28(29)30/h4-17,25H,1-3H3/b21-16-,26-17+. The molecule has 0 unspecified atom stereocenters. The predicted molar refractivity (Wildman–Crippen MR) is 137 cm³/mol. The van der Waals surface area contributed by atoms with Crippen LogP contribution < -0.4 is 5.43 Å². The van der Waals surface area contributed by atoms with Gasteiger partial charge < -0.3 is 5.43 Å². The molecule has 188 valence electrons. The van der Waals surface area contributed by atoms with Crippen molar-refractivity contribution in [1.82, 2.24) is 9.84 Å². The summed E-state index contributed by atoms with van der Waals surface area (Å²) in [5, 5.41) is 10.8. The molecule has 0 heterocycles. The first-order valence-corrected chi connectivity index (χ1v) is 13.4. The number of rotatable bonds is 9. The minimum absolute atomic E-state index is 0.0859. The molecule has 3 rings (SSSR count). The number of allylic oxidation sites excluding steroid dienone is 1. The average molecular weight is 529 g/mol. The summed E-state index contributed by atoms with van der Waals surface area (Å²) >= 11 is 0. The Balaban J connectivity index is 1.92. The summed E-state index contributed by atoms with van der Waals surface area (Å²) in [5.41, 5.74) is 5.17.